The van der Waals surface area contributed by atoms with Crippen molar-refractivity contribution in [2.45, 2.75) is 12.7 Å². The Morgan fingerprint density at radius 1 is 1.15 bits per heavy atom. The lowest BCUT2D eigenvalue weighted by Crippen LogP contribution is -2.32. The number of amides is 2. The van der Waals surface area contributed by atoms with E-state index >= 15 is 0 Å². The van der Waals surface area contributed by atoms with Crippen molar-refractivity contribution in [3.63, 3.8) is 0 Å². The van der Waals surface area contributed by atoms with Crippen molar-refractivity contribution < 1.29 is 23.9 Å². The minimum Gasteiger partial charge on any atom is -0.432 e. The zero-order valence-electron chi connectivity index (χ0n) is 10.4. The first-order valence-corrected chi connectivity index (χ1v) is 6.14. The third kappa shape index (κ3) is 2.21. The Hall–Kier alpha value is -2.47. The van der Waals surface area contributed by atoms with E-state index in [2.05, 4.69) is 0 Å². The highest BCUT2D eigenvalue weighted by molar-refractivity contribution is 6.28. The number of esters is 1. The fraction of sp³-hybridized carbons (Fsp3) is 0.214. The van der Waals surface area contributed by atoms with Gasteiger partial charge in [0.05, 0.1) is 17.9 Å². The van der Waals surface area contributed by atoms with Crippen molar-refractivity contribution >= 4 is 23.5 Å². The molecule has 0 bridgehead atoms. The zero-order valence-corrected chi connectivity index (χ0v) is 10.4. The van der Waals surface area contributed by atoms with Crippen molar-refractivity contribution in [3.8, 4) is 0 Å². The van der Waals surface area contributed by atoms with E-state index in [0.717, 1.165) is 4.90 Å². The van der Waals surface area contributed by atoms with Crippen molar-refractivity contribution in [2.24, 2.45) is 0 Å². The second-order valence-electron chi connectivity index (χ2n) is 4.39. The molecule has 2 heterocycles. The zero-order chi connectivity index (χ0) is 14.1. The molecule has 6 heteroatoms. The summed E-state index contributed by atoms with van der Waals surface area (Å²) in [6.07, 6.45) is 2.65. The second kappa shape index (κ2) is 4.90. The summed E-state index contributed by atoms with van der Waals surface area (Å²) in [7, 11) is 0. The smallest absolute Gasteiger partial charge is 0.340 e. The molecule has 0 aromatic heterocycles. The summed E-state index contributed by atoms with van der Waals surface area (Å²) in [4.78, 5) is 35.8. The maximum absolute atomic E-state index is 11.7. The van der Waals surface area contributed by atoms with E-state index in [-0.39, 0.29) is 0 Å². The highest BCUT2D eigenvalue weighted by Crippen LogP contribution is 2.21. The van der Waals surface area contributed by atoms with Crippen LogP contribution in [-0.4, -0.2) is 30.7 Å². The van der Waals surface area contributed by atoms with E-state index in [1.54, 1.807) is 0 Å². The number of carbonyl (C=O) groups is 3. The van der Waals surface area contributed by atoms with Crippen molar-refractivity contribution in [2.75, 3.05) is 11.5 Å². The van der Waals surface area contributed by atoms with Crippen LogP contribution in [0.2, 0.25) is 0 Å². The van der Waals surface area contributed by atoms with Crippen LogP contribution in [0.3, 0.4) is 0 Å². The molecule has 1 atom stereocenters. The van der Waals surface area contributed by atoms with E-state index in [4.69, 9.17) is 9.47 Å². The topological polar surface area (TPSA) is 72.9 Å². The lowest BCUT2D eigenvalue weighted by Gasteiger charge is -2.25. The summed E-state index contributed by atoms with van der Waals surface area (Å²) in [5.41, 5.74) is 0.762. The maximum atomic E-state index is 11.7. The molecular formula is C14H11NO5. The van der Waals surface area contributed by atoms with Gasteiger partial charge in [-0.25, -0.2) is 9.69 Å². The molecule has 102 valence electrons. The maximum Gasteiger partial charge on any atom is 0.340 e. The van der Waals surface area contributed by atoms with E-state index in [1.807, 2.05) is 0 Å². The van der Waals surface area contributed by atoms with Crippen LogP contribution in [0.15, 0.2) is 36.4 Å². The van der Waals surface area contributed by atoms with Crippen LogP contribution >= 0.6 is 0 Å². The van der Waals surface area contributed by atoms with Crippen LogP contribution in [0.4, 0.5) is 5.69 Å². The predicted octanol–water partition coefficient (Wildman–Crippen LogP) is 1.02. The molecule has 0 saturated carbocycles. The first kappa shape index (κ1) is 12.6. The lowest BCUT2D eigenvalue weighted by atomic mass is 10.2. The van der Waals surface area contributed by atoms with Gasteiger partial charge < -0.3 is 9.47 Å². The molecule has 3 rings (SSSR count). The fourth-order valence-corrected chi connectivity index (χ4v) is 1.90. The van der Waals surface area contributed by atoms with Crippen molar-refractivity contribution in [1.82, 2.24) is 0 Å². The summed E-state index contributed by atoms with van der Waals surface area (Å²) in [6.45, 7) is 0.600. The van der Waals surface area contributed by atoms with Gasteiger partial charge in [0.2, 0.25) is 6.29 Å². The average Bonchev–Trinajstić information content (AvgIpc) is 2.73. The van der Waals surface area contributed by atoms with Gasteiger partial charge in [-0.1, -0.05) is 0 Å². The van der Waals surface area contributed by atoms with Crippen molar-refractivity contribution in [1.29, 1.82) is 0 Å². The molecule has 1 aromatic carbocycles. The highest BCUT2D eigenvalue weighted by atomic mass is 16.7. The van der Waals surface area contributed by atoms with Crippen molar-refractivity contribution in [3.05, 3.63) is 42.0 Å². The Balaban J connectivity index is 1.72. The minimum absolute atomic E-state index is 0.344. The van der Waals surface area contributed by atoms with Gasteiger partial charge >= 0.3 is 5.97 Å². The monoisotopic (exact) mass is 273 g/mol. The Morgan fingerprint density at radius 3 is 2.25 bits per heavy atom. The molecule has 0 N–H and O–H groups in total. The average molecular weight is 273 g/mol. The normalized spacial score (nSPS) is 21.0. The first-order valence-electron chi connectivity index (χ1n) is 6.14. The molecule has 2 aliphatic rings. The third-order valence-electron chi connectivity index (χ3n) is 3.07. The molecule has 0 spiro atoms. The summed E-state index contributed by atoms with van der Waals surface area (Å²) >= 11 is 0. The minimum atomic E-state index is -0.488. The van der Waals surface area contributed by atoms with E-state index in [1.165, 1.54) is 36.4 Å². The molecule has 0 radical (unpaired) electrons. The summed E-state index contributed by atoms with van der Waals surface area (Å²) in [6, 6.07) is 6.08. The molecule has 1 saturated heterocycles. The van der Waals surface area contributed by atoms with Crippen LogP contribution in [0.25, 0.3) is 0 Å². The van der Waals surface area contributed by atoms with E-state index in [0.29, 0.717) is 24.3 Å². The highest BCUT2D eigenvalue weighted by Gasteiger charge is 2.26. The van der Waals surface area contributed by atoms with Gasteiger partial charge in [-0.05, 0) is 24.3 Å². The number of anilines is 1. The predicted molar refractivity (Wildman–Crippen MR) is 67.8 cm³/mol. The number of nitrogens with zero attached hydrogens (tertiary/aromatic N) is 1. The van der Waals surface area contributed by atoms with Crippen LogP contribution in [0, 0.1) is 0 Å². The van der Waals surface area contributed by atoms with Gasteiger partial charge in [-0.15, -0.1) is 0 Å². The van der Waals surface area contributed by atoms with Crippen LogP contribution in [0.1, 0.15) is 16.8 Å². The standard InChI is InChI=1S/C14H11NO5/c16-11-5-6-12(17)15(11)10-3-1-9(2-4-10)14(18)20-13-7-8-19-13/h1-6,13H,7-8H2. The molecule has 2 amide bonds. The Bertz CT molecular complexity index is 582. The Morgan fingerprint density at radius 2 is 1.75 bits per heavy atom. The van der Waals surface area contributed by atoms with Gasteiger partial charge in [-0.3, -0.25) is 9.59 Å². The first-order chi connectivity index (χ1) is 9.65. The molecular weight excluding hydrogens is 262 g/mol. The Labute approximate surface area is 114 Å². The molecule has 20 heavy (non-hydrogen) atoms. The molecule has 2 aliphatic heterocycles. The SMILES string of the molecule is O=C(OC1CCO1)c1ccc(N2C(=O)C=CC2=O)cc1. The van der Waals surface area contributed by atoms with E-state index < -0.39 is 24.1 Å². The van der Waals surface area contributed by atoms with Gasteiger partial charge in [0, 0.05) is 18.6 Å². The van der Waals surface area contributed by atoms with Crippen LogP contribution in [0.5, 0.6) is 0 Å². The number of hydrogen-bond acceptors (Lipinski definition) is 5. The van der Waals surface area contributed by atoms with Crippen LogP contribution < -0.4 is 4.90 Å². The number of carbonyl (C=O) groups excluding carboxylic acids is 3. The largest absolute Gasteiger partial charge is 0.432 e. The summed E-state index contributed by atoms with van der Waals surface area (Å²) in [5.74, 6) is -1.28. The van der Waals surface area contributed by atoms with Gasteiger partial charge in [-0.2, -0.15) is 0 Å². The third-order valence-corrected chi connectivity index (χ3v) is 3.07. The van der Waals surface area contributed by atoms with Gasteiger partial charge in [0.25, 0.3) is 11.8 Å². The van der Waals surface area contributed by atoms with Gasteiger partial charge in [0.1, 0.15) is 0 Å². The molecule has 0 aliphatic carbocycles. The number of imide groups is 1. The fourth-order valence-electron chi connectivity index (χ4n) is 1.90. The van der Waals surface area contributed by atoms with Crippen LogP contribution in [-0.2, 0) is 19.1 Å². The summed E-state index contributed by atoms with van der Waals surface area (Å²) in [5, 5.41) is 0. The van der Waals surface area contributed by atoms with E-state index in [9.17, 15) is 14.4 Å². The van der Waals surface area contributed by atoms with Gasteiger partial charge in [0.15, 0.2) is 0 Å². The number of hydrogen-bond donors (Lipinski definition) is 0. The quantitative estimate of drug-likeness (QED) is 0.607. The molecule has 1 fully saturated rings. The summed E-state index contributed by atoms with van der Waals surface area (Å²) < 4.78 is 10.1. The number of benzene rings is 1. The Kier molecular flexibility index (Phi) is 3.08. The second-order valence-corrected chi connectivity index (χ2v) is 4.39. The molecule has 6 nitrogen and oxygen atoms in total. The molecule has 1 aromatic rings. The lowest BCUT2D eigenvalue weighted by molar-refractivity contribution is -0.184. The number of rotatable bonds is 3. The molecule has 1 unspecified atom stereocenters. The number of ether oxygens (including phenoxy) is 2.